The van der Waals surface area contributed by atoms with Crippen molar-refractivity contribution in [2.75, 3.05) is 0 Å². The van der Waals surface area contributed by atoms with Crippen molar-refractivity contribution in [3.63, 3.8) is 0 Å². The second kappa shape index (κ2) is 6.50. The molecular weight excluding hydrogens is 349 g/mol. The third-order valence-electron chi connectivity index (χ3n) is 3.33. The molecule has 3 aromatic rings. The van der Waals surface area contributed by atoms with Crippen LogP contribution in [0.5, 0.6) is 5.75 Å². The average Bonchev–Trinajstić information content (AvgIpc) is 3.01. The minimum absolute atomic E-state index is 0.231. The Hall–Kier alpha value is -1.85. The number of furan rings is 1. The number of rotatable bonds is 5. The smallest absolute Gasteiger partial charge is 0.172 e. The van der Waals surface area contributed by atoms with Gasteiger partial charge in [-0.1, -0.05) is 28.1 Å². The largest absolute Gasteiger partial charge is 0.473 e. The standard InChI is InChI=1S/C17H15BrFNO2/c1-11(20-10-14-3-2-8-21-14)22-16-7-4-12-9-13(18)5-6-15(12)17(16)19/h2-9,11,20H,10H2,1H3. The minimum Gasteiger partial charge on any atom is -0.473 e. The molecule has 0 amide bonds. The summed E-state index contributed by atoms with van der Waals surface area (Å²) < 4.78 is 26.3. The van der Waals surface area contributed by atoms with Gasteiger partial charge in [-0.25, -0.2) is 4.39 Å². The van der Waals surface area contributed by atoms with Gasteiger partial charge in [-0.2, -0.15) is 0 Å². The van der Waals surface area contributed by atoms with E-state index in [1.807, 2.05) is 37.3 Å². The molecule has 5 heteroatoms. The van der Waals surface area contributed by atoms with E-state index in [0.717, 1.165) is 15.6 Å². The van der Waals surface area contributed by atoms with Gasteiger partial charge >= 0.3 is 0 Å². The van der Waals surface area contributed by atoms with E-state index >= 15 is 0 Å². The van der Waals surface area contributed by atoms with Gasteiger partial charge in [0, 0.05) is 9.86 Å². The zero-order chi connectivity index (χ0) is 15.5. The van der Waals surface area contributed by atoms with Crippen LogP contribution in [-0.4, -0.2) is 6.23 Å². The summed E-state index contributed by atoms with van der Waals surface area (Å²) in [6.07, 6.45) is 1.27. The fourth-order valence-corrected chi connectivity index (χ4v) is 2.60. The van der Waals surface area contributed by atoms with E-state index in [9.17, 15) is 4.39 Å². The highest BCUT2D eigenvalue weighted by molar-refractivity contribution is 9.10. The molecule has 0 radical (unpaired) electrons. The molecule has 0 spiro atoms. The van der Waals surface area contributed by atoms with Crippen LogP contribution in [0.1, 0.15) is 12.7 Å². The lowest BCUT2D eigenvalue weighted by atomic mass is 10.1. The van der Waals surface area contributed by atoms with E-state index in [1.54, 1.807) is 18.4 Å². The van der Waals surface area contributed by atoms with Crippen molar-refractivity contribution < 1.29 is 13.5 Å². The lowest BCUT2D eigenvalue weighted by molar-refractivity contribution is 0.170. The molecule has 0 bridgehead atoms. The monoisotopic (exact) mass is 363 g/mol. The molecule has 1 N–H and O–H groups in total. The van der Waals surface area contributed by atoms with Crippen LogP contribution >= 0.6 is 15.9 Å². The Kier molecular flexibility index (Phi) is 4.45. The zero-order valence-corrected chi connectivity index (χ0v) is 13.6. The maximum Gasteiger partial charge on any atom is 0.172 e. The third kappa shape index (κ3) is 3.31. The quantitative estimate of drug-likeness (QED) is 0.658. The zero-order valence-electron chi connectivity index (χ0n) is 12.0. The maximum absolute atomic E-state index is 14.5. The summed E-state index contributed by atoms with van der Waals surface area (Å²) in [7, 11) is 0. The molecule has 1 heterocycles. The lowest BCUT2D eigenvalue weighted by Gasteiger charge is -2.17. The first-order valence-corrected chi connectivity index (χ1v) is 7.73. The van der Waals surface area contributed by atoms with Gasteiger partial charge in [0.25, 0.3) is 0 Å². The van der Waals surface area contributed by atoms with Crippen molar-refractivity contribution in [3.8, 4) is 5.75 Å². The highest BCUT2D eigenvalue weighted by atomic mass is 79.9. The SMILES string of the molecule is CC(NCc1ccco1)Oc1ccc2cc(Br)ccc2c1F. The van der Waals surface area contributed by atoms with Crippen molar-refractivity contribution in [1.82, 2.24) is 5.32 Å². The van der Waals surface area contributed by atoms with Gasteiger partial charge in [0.1, 0.15) is 12.0 Å². The molecule has 0 aliphatic heterocycles. The fraction of sp³-hybridized carbons (Fsp3) is 0.176. The molecule has 0 aliphatic carbocycles. The van der Waals surface area contributed by atoms with Crippen LogP contribution in [0.2, 0.25) is 0 Å². The van der Waals surface area contributed by atoms with Crippen molar-refractivity contribution in [3.05, 3.63) is 64.8 Å². The Morgan fingerprint density at radius 2 is 2.14 bits per heavy atom. The summed E-state index contributed by atoms with van der Waals surface area (Å²) in [5.74, 6) is 0.685. The molecule has 114 valence electrons. The van der Waals surface area contributed by atoms with Gasteiger partial charge in [-0.3, -0.25) is 5.32 Å². The highest BCUT2D eigenvalue weighted by Gasteiger charge is 2.12. The van der Waals surface area contributed by atoms with Crippen molar-refractivity contribution in [2.45, 2.75) is 19.7 Å². The number of hydrogen-bond acceptors (Lipinski definition) is 3. The highest BCUT2D eigenvalue weighted by Crippen LogP contribution is 2.28. The van der Waals surface area contributed by atoms with E-state index in [2.05, 4.69) is 21.2 Å². The Balaban J connectivity index is 1.73. The van der Waals surface area contributed by atoms with Gasteiger partial charge in [0.2, 0.25) is 0 Å². The van der Waals surface area contributed by atoms with E-state index in [-0.39, 0.29) is 17.8 Å². The summed E-state index contributed by atoms with van der Waals surface area (Å²) in [5, 5.41) is 4.50. The number of ether oxygens (including phenoxy) is 1. The first kappa shape index (κ1) is 15.1. The van der Waals surface area contributed by atoms with Crippen LogP contribution in [0.15, 0.2) is 57.6 Å². The summed E-state index contributed by atoms with van der Waals surface area (Å²) in [6.45, 7) is 2.35. The van der Waals surface area contributed by atoms with Crippen LogP contribution in [0.4, 0.5) is 4.39 Å². The Labute approximate surface area is 136 Å². The Morgan fingerprint density at radius 3 is 2.91 bits per heavy atom. The molecule has 0 saturated heterocycles. The number of fused-ring (bicyclic) bond motifs is 1. The van der Waals surface area contributed by atoms with Crippen molar-refractivity contribution in [1.29, 1.82) is 0 Å². The molecule has 1 unspecified atom stereocenters. The van der Waals surface area contributed by atoms with Crippen molar-refractivity contribution in [2.24, 2.45) is 0 Å². The molecular formula is C17H15BrFNO2. The summed E-state index contributed by atoms with van der Waals surface area (Å²) in [5.41, 5.74) is 0. The van der Waals surface area contributed by atoms with Gasteiger partial charge in [0.15, 0.2) is 11.6 Å². The van der Waals surface area contributed by atoms with Crippen LogP contribution < -0.4 is 10.1 Å². The predicted octanol–water partition coefficient (Wildman–Crippen LogP) is 4.85. The second-order valence-corrected chi connectivity index (χ2v) is 5.88. The molecule has 1 atom stereocenters. The van der Waals surface area contributed by atoms with E-state index in [4.69, 9.17) is 9.15 Å². The van der Waals surface area contributed by atoms with Gasteiger partial charge in [-0.05, 0) is 42.6 Å². The normalized spacial score (nSPS) is 12.5. The predicted molar refractivity (Wildman–Crippen MR) is 87.2 cm³/mol. The van der Waals surface area contributed by atoms with Crippen LogP contribution in [0.3, 0.4) is 0 Å². The Morgan fingerprint density at radius 1 is 1.27 bits per heavy atom. The molecule has 3 nitrogen and oxygen atoms in total. The van der Waals surface area contributed by atoms with E-state index in [0.29, 0.717) is 11.9 Å². The number of benzene rings is 2. The van der Waals surface area contributed by atoms with E-state index in [1.165, 1.54) is 0 Å². The van der Waals surface area contributed by atoms with Crippen LogP contribution in [-0.2, 0) is 6.54 Å². The molecule has 0 aliphatic rings. The topological polar surface area (TPSA) is 34.4 Å². The summed E-state index contributed by atoms with van der Waals surface area (Å²) in [4.78, 5) is 0. The molecule has 1 aromatic heterocycles. The van der Waals surface area contributed by atoms with E-state index < -0.39 is 0 Å². The fourth-order valence-electron chi connectivity index (χ4n) is 2.22. The minimum atomic E-state index is -0.350. The van der Waals surface area contributed by atoms with Gasteiger partial charge in [0.05, 0.1) is 12.8 Å². The first-order chi connectivity index (χ1) is 10.6. The summed E-state index contributed by atoms with van der Waals surface area (Å²) in [6, 6.07) is 12.6. The molecule has 3 rings (SSSR count). The first-order valence-electron chi connectivity index (χ1n) is 6.93. The van der Waals surface area contributed by atoms with Gasteiger partial charge < -0.3 is 9.15 Å². The average molecular weight is 364 g/mol. The Bertz CT molecular complexity index is 774. The van der Waals surface area contributed by atoms with Crippen molar-refractivity contribution >= 4 is 26.7 Å². The maximum atomic E-state index is 14.5. The lowest BCUT2D eigenvalue weighted by Crippen LogP contribution is -2.31. The van der Waals surface area contributed by atoms with Crippen LogP contribution in [0.25, 0.3) is 10.8 Å². The number of hydrogen-bond donors (Lipinski definition) is 1. The molecule has 0 fully saturated rings. The third-order valence-corrected chi connectivity index (χ3v) is 3.82. The number of halogens is 2. The second-order valence-electron chi connectivity index (χ2n) is 4.96. The number of nitrogens with one attached hydrogen (secondary N) is 1. The molecule has 22 heavy (non-hydrogen) atoms. The molecule has 0 saturated carbocycles. The van der Waals surface area contributed by atoms with Crippen LogP contribution in [0, 0.1) is 5.82 Å². The molecule has 2 aromatic carbocycles. The van der Waals surface area contributed by atoms with Gasteiger partial charge in [-0.15, -0.1) is 0 Å². The summed E-state index contributed by atoms with van der Waals surface area (Å²) >= 11 is 3.38.